The van der Waals surface area contributed by atoms with Crippen LogP contribution in [0.4, 0.5) is 0 Å². The molecule has 0 saturated carbocycles. The molecule has 0 aliphatic heterocycles. The maximum atomic E-state index is 0. The van der Waals surface area contributed by atoms with Gasteiger partial charge in [0.2, 0.25) is 0 Å². The van der Waals surface area contributed by atoms with E-state index in [0.29, 0.717) is 0 Å². The molecule has 0 fully saturated rings. The summed E-state index contributed by atoms with van der Waals surface area (Å²) in [5, 5.41) is 0. The molecule has 31 valence electrons. The van der Waals surface area contributed by atoms with Gasteiger partial charge < -0.3 is 71.9 Å². The first-order valence-electron chi connectivity index (χ1n) is 0. The molecule has 0 rings (SSSR count). The molecule has 0 unspecified atom stereocenters. The second-order valence-corrected chi connectivity index (χ2v) is 0. The van der Waals surface area contributed by atoms with Gasteiger partial charge in [0.25, 0.3) is 0 Å². The van der Waals surface area contributed by atoms with Crippen LogP contribution in [0.1, 0.15) is 0 Å². The van der Waals surface area contributed by atoms with Gasteiger partial charge >= 0.3 is 68.2 Å². The van der Waals surface area contributed by atoms with E-state index in [4.69, 9.17) is 0 Å². The number of hydrogen-bond donors (Lipinski definition) is 0. The van der Waals surface area contributed by atoms with Gasteiger partial charge in [0.05, 0.1) is 0 Å². The summed E-state index contributed by atoms with van der Waals surface area (Å²) in [6, 6.07) is 0. The minimum atomic E-state index is 0. The Morgan fingerprint density at radius 2 is 0.600 bits per heavy atom. The Labute approximate surface area is 136 Å². The predicted octanol–water partition coefficient (Wildman–Crippen LogP) is -12.0. The minimum absolute atomic E-state index is 0. The molecule has 0 spiro atoms. The van der Waals surface area contributed by atoms with Crippen LogP contribution in [-0.2, 0) is 16.8 Å². The van der Waals surface area contributed by atoms with Gasteiger partial charge in [-0.15, -0.1) is 0 Å². The Balaban J connectivity index is 0. The number of hydrogen-bond acceptors (Lipinski definition) is 0. The van der Waals surface area contributed by atoms with Crippen molar-refractivity contribution in [1.29, 1.82) is 0 Å². The fourth-order valence-electron chi connectivity index (χ4n) is 0. The SMILES string of the molecule is [Co+2].[I-].[I-].[I-].[K+]. The van der Waals surface area contributed by atoms with Crippen molar-refractivity contribution >= 4 is 0 Å². The Hall–Kier alpha value is 4.33. The van der Waals surface area contributed by atoms with Crippen molar-refractivity contribution < 1.29 is 140 Å². The number of halogens is 3. The number of rotatable bonds is 0. The van der Waals surface area contributed by atoms with Crippen LogP contribution >= 0.6 is 0 Å². The van der Waals surface area contributed by atoms with Gasteiger partial charge in [-0.1, -0.05) is 0 Å². The first-order chi connectivity index (χ1) is 0. The molecule has 0 aromatic carbocycles. The summed E-state index contributed by atoms with van der Waals surface area (Å²) in [5.74, 6) is 0. The summed E-state index contributed by atoms with van der Waals surface area (Å²) < 4.78 is 0. The van der Waals surface area contributed by atoms with Crippen LogP contribution in [0.2, 0.25) is 0 Å². The molecule has 0 aromatic rings. The van der Waals surface area contributed by atoms with E-state index in [2.05, 4.69) is 0 Å². The first-order valence-corrected chi connectivity index (χ1v) is 0. The average molecular weight is 479 g/mol. The van der Waals surface area contributed by atoms with Crippen LogP contribution in [0.15, 0.2) is 0 Å². The van der Waals surface area contributed by atoms with Gasteiger partial charge in [0.15, 0.2) is 0 Å². The summed E-state index contributed by atoms with van der Waals surface area (Å²) in [5.41, 5.74) is 0. The molecule has 0 aliphatic carbocycles. The van der Waals surface area contributed by atoms with Crippen molar-refractivity contribution in [1.82, 2.24) is 0 Å². The van der Waals surface area contributed by atoms with Gasteiger partial charge in [0, 0.05) is 0 Å². The molecule has 0 bridgehead atoms. The van der Waals surface area contributed by atoms with Crippen molar-refractivity contribution in [3.05, 3.63) is 0 Å². The third kappa shape index (κ3) is 17.8. The zero-order valence-electron chi connectivity index (χ0n) is 2.47. The van der Waals surface area contributed by atoms with Crippen LogP contribution in [-0.4, -0.2) is 0 Å². The molecule has 5 heteroatoms. The predicted molar refractivity (Wildman–Crippen MR) is 0 cm³/mol. The van der Waals surface area contributed by atoms with Crippen LogP contribution < -0.4 is 123 Å². The fraction of sp³-hybridized carbons (Fsp3) is 0. The fourth-order valence-corrected chi connectivity index (χ4v) is 0. The summed E-state index contributed by atoms with van der Waals surface area (Å²) >= 11 is 0. The standard InChI is InChI=1S/Co.3HI.K/h;3*1H;/q+2;;;;+1/p-3. The van der Waals surface area contributed by atoms with Crippen LogP contribution in [0.5, 0.6) is 0 Å². The van der Waals surface area contributed by atoms with E-state index in [-0.39, 0.29) is 140 Å². The Morgan fingerprint density at radius 1 is 0.600 bits per heavy atom. The summed E-state index contributed by atoms with van der Waals surface area (Å²) in [7, 11) is 0. The van der Waals surface area contributed by atoms with Gasteiger partial charge in [-0.25, -0.2) is 0 Å². The van der Waals surface area contributed by atoms with Gasteiger partial charge in [-0.05, 0) is 0 Å². The maximum absolute atomic E-state index is 0. The molecule has 0 saturated heterocycles. The van der Waals surface area contributed by atoms with Crippen molar-refractivity contribution in [3.63, 3.8) is 0 Å². The Morgan fingerprint density at radius 3 is 0.600 bits per heavy atom. The van der Waals surface area contributed by atoms with Crippen molar-refractivity contribution in [2.45, 2.75) is 0 Å². The average Bonchev–Trinajstić information content (AvgIpc) is 0. The van der Waals surface area contributed by atoms with Crippen molar-refractivity contribution in [2.75, 3.05) is 0 Å². The van der Waals surface area contributed by atoms with E-state index < -0.39 is 0 Å². The molecule has 0 heterocycles. The monoisotopic (exact) mass is 479 g/mol. The summed E-state index contributed by atoms with van der Waals surface area (Å²) in [4.78, 5) is 0. The smallest absolute Gasteiger partial charge is 1.00 e. The molecule has 0 N–H and O–H groups in total. The summed E-state index contributed by atoms with van der Waals surface area (Å²) in [6.45, 7) is 0. The molecule has 0 nitrogen and oxygen atoms in total. The molecule has 0 aromatic heterocycles. The summed E-state index contributed by atoms with van der Waals surface area (Å²) in [6.07, 6.45) is 0. The Bertz CT molecular complexity index is 6.85. The van der Waals surface area contributed by atoms with Gasteiger partial charge in [0.1, 0.15) is 0 Å². The zero-order chi connectivity index (χ0) is 0. The minimum Gasteiger partial charge on any atom is -1.00 e. The van der Waals surface area contributed by atoms with E-state index in [0.717, 1.165) is 0 Å². The van der Waals surface area contributed by atoms with Crippen molar-refractivity contribution in [3.8, 4) is 0 Å². The molecule has 1 radical (unpaired) electrons. The maximum Gasteiger partial charge on any atom is 2.00 e. The van der Waals surface area contributed by atoms with E-state index in [1.54, 1.807) is 0 Å². The Kier molecular flexibility index (Phi) is 165. The van der Waals surface area contributed by atoms with E-state index in [1.165, 1.54) is 0 Å². The van der Waals surface area contributed by atoms with Gasteiger partial charge in [-0.2, -0.15) is 0 Å². The van der Waals surface area contributed by atoms with Crippen LogP contribution in [0, 0.1) is 0 Å². The second kappa shape index (κ2) is 23.9. The molecule has 0 atom stereocenters. The third-order valence-corrected chi connectivity index (χ3v) is 0. The first kappa shape index (κ1) is 34.5. The van der Waals surface area contributed by atoms with Crippen molar-refractivity contribution in [2.24, 2.45) is 0 Å². The zero-order valence-corrected chi connectivity index (χ0v) is 13.1. The van der Waals surface area contributed by atoms with Crippen LogP contribution in [0.3, 0.4) is 0 Å². The topological polar surface area (TPSA) is 0 Å². The molecule has 0 aliphatic rings. The molecular weight excluding hydrogens is 479 g/mol. The van der Waals surface area contributed by atoms with Gasteiger partial charge in [-0.3, -0.25) is 0 Å². The largest absolute Gasteiger partial charge is 2.00 e. The third-order valence-electron chi connectivity index (χ3n) is 0. The van der Waals surface area contributed by atoms with Crippen LogP contribution in [0.25, 0.3) is 0 Å². The molecule has 5 heavy (non-hydrogen) atoms. The second-order valence-electron chi connectivity index (χ2n) is 0. The van der Waals surface area contributed by atoms with E-state index in [9.17, 15) is 0 Å². The quantitative estimate of drug-likeness (QED) is 0.240. The molecule has 0 amide bonds. The normalized spacial score (nSPS) is 0. The molecular formula is CoI3K. The van der Waals surface area contributed by atoms with E-state index >= 15 is 0 Å². The van der Waals surface area contributed by atoms with E-state index in [1.807, 2.05) is 0 Å².